The average molecular weight is 425 g/mol. The summed E-state index contributed by atoms with van der Waals surface area (Å²) < 4.78 is 38.7. The summed E-state index contributed by atoms with van der Waals surface area (Å²) in [6, 6.07) is 5.11. The first-order chi connectivity index (χ1) is 15.9. The Morgan fingerprint density at radius 3 is 3.03 bits per heavy atom. The number of amides is 1. The number of aliphatic hydroxyl groups excluding tert-OH is 1. The van der Waals surface area contributed by atoms with Crippen molar-refractivity contribution in [1.29, 1.82) is 0 Å². The number of nitrogen functional groups attached to an aromatic ring is 1. The van der Waals surface area contributed by atoms with Gasteiger partial charge in [-0.3, -0.25) is 9.20 Å². The highest BCUT2D eigenvalue weighted by atomic mass is 19.1. The molecule has 0 bridgehead atoms. The molecule has 0 radical (unpaired) electrons. The molecule has 8 nitrogen and oxygen atoms in total. The lowest BCUT2D eigenvalue weighted by atomic mass is 9.81. The third kappa shape index (κ3) is 3.68. The molecule has 0 spiro atoms. The number of imidazole rings is 1. The number of halogens is 1. The molecule has 160 valence electrons. The normalized spacial score (nSPS) is 21.2. The molecule has 0 saturated carbocycles. The number of rotatable bonds is 3. The quantitative estimate of drug-likeness (QED) is 0.596. The number of hydrogen-bond acceptors (Lipinski definition) is 6. The van der Waals surface area contributed by atoms with E-state index in [2.05, 4.69) is 20.3 Å². The molecule has 0 aliphatic carbocycles. The third-order valence-corrected chi connectivity index (χ3v) is 5.29. The molecule has 4 rings (SSSR count). The molecule has 1 aliphatic heterocycles. The fourth-order valence-electron chi connectivity index (χ4n) is 3.70. The number of allylic oxidation sites excluding steroid dienone is 1. The van der Waals surface area contributed by atoms with Gasteiger partial charge in [-0.25, -0.2) is 19.4 Å². The molecular weight excluding hydrogens is 399 g/mol. The van der Waals surface area contributed by atoms with Gasteiger partial charge in [0.1, 0.15) is 28.8 Å². The highest BCUT2D eigenvalue weighted by Crippen LogP contribution is 2.36. The van der Waals surface area contributed by atoms with Gasteiger partial charge in [0.05, 0.1) is 5.69 Å². The van der Waals surface area contributed by atoms with E-state index in [1.165, 1.54) is 35.0 Å². The van der Waals surface area contributed by atoms with Gasteiger partial charge in [-0.2, -0.15) is 0 Å². The van der Waals surface area contributed by atoms with Crippen LogP contribution < -0.4 is 11.1 Å². The Balaban J connectivity index is 1.67. The number of anilines is 1. The number of nitrogens with zero attached hydrogens (tertiary/aromatic N) is 4. The van der Waals surface area contributed by atoms with Gasteiger partial charge in [0.25, 0.3) is 5.91 Å². The number of carbonyl (C=O) groups excluding carboxylic acids is 1. The van der Waals surface area contributed by atoms with Crippen molar-refractivity contribution in [2.75, 3.05) is 5.73 Å². The van der Waals surface area contributed by atoms with Gasteiger partial charge in [-0.1, -0.05) is 18.2 Å². The van der Waals surface area contributed by atoms with E-state index in [-0.39, 0.29) is 29.5 Å². The Bertz CT molecular complexity index is 1350. The highest BCUT2D eigenvalue weighted by molar-refractivity contribution is 6.01. The predicted octanol–water partition coefficient (Wildman–Crippen LogP) is 2.49. The molecule has 2 atom stereocenters. The summed E-state index contributed by atoms with van der Waals surface area (Å²) in [5.74, 6) is -1.16. The van der Waals surface area contributed by atoms with Crippen LogP contribution in [0.2, 0.25) is 0 Å². The second-order valence-electron chi connectivity index (χ2n) is 7.69. The van der Waals surface area contributed by atoms with Crippen LogP contribution in [0.1, 0.15) is 46.3 Å². The number of hydrogen-bond donors (Lipinski definition) is 3. The van der Waals surface area contributed by atoms with E-state index in [1.807, 2.05) is 0 Å². The summed E-state index contributed by atoms with van der Waals surface area (Å²) in [5.41, 5.74) is 6.63. The van der Waals surface area contributed by atoms with Gasteiger partial charge in [0.15, 0.2) is 6.10 Å². The number of amidine groups is 1. The minimum absolute atomic E-state index is 0.101. The fourth-order valence-corrected chi connectivity index (χ4v) is 3.70. The van der Waals surface area contributed by atoms with Crippen molar-refractivity contribution in [3.05, 3.63) is 71.3 Å². The van der Waals surface area contributed by atoms with E-state index in [4.69, 9.17) is 9.85 Å². The summed E-state index contributed by atoms with van der Waals surface area (Å²) in [4.78, 5) is 25.4. The van der Waals surface area contributed by atoms with Crippen LogP contribution in [-0.4, -0.2) is 31.2 Å². The molecule has 2 aromatic heterocycles. The zero-order valence-corrected chi connectivity index (χ0v) is 16.9. The van der Waals surface area contributed by atoms with Crippen molar-refractivity contribution in [1.82, 2.24) is 19.7 Å². The minimum Gasteiger partial charge on any atom is -0.382 e. The largest absolute Gasteiger partial charge is 0.382 e. The Labute approximate surface area is 182 Å². The van der Waals surface area contributed by atoms with Crippen LogP contribution in [0.15, 0.2) is 47.7 Å². The number of fused-ring (bicyclic) bond motifs is 1. The lowest BCUT2D eigenvalue weighted by molar-refractivity contribution is -0.128. The molecule has 31 heavy (non-hydrogen) atoms. The average Bonchev–Trinajstić information content (AvgIpc) is 3.19. The number of nitrogens with one attached hydrogen (secondary N) is 1. The van der Waals surface area contributed by atoms with E-state index in [0.29, 0.717) is 16.9 Å². The Morgan fingerprint density at radius 1 is 1.48 bits per heavy atom. The fraction of sp³-hybridized carbons (Fsp3) is 0.273. The Morgan fingerprint density at radius 2 is 2.29 bits per heavy atom. The number of carbonyl (C=O) groups is 1. The third-order valence-electron chi connectivity index (χ3n) is 5.29. The van der Waals surface area contributed by atoms with Crippen LogP contribution >= 0.6 is 0 Å². The van der Waals surface area contributed by atoms with E-state index in [0.717, 1.165) is 6.07 Å². The highest BCUT2D eigenvalue weighted by Gasteiger charge is 2.35. The molecule has 3 aromatic rings. The van der Waals surface area contributed by atoms with Crippen molar-refractivity contribution < 1.29 is 18.4 Å². The van der Waals surface area contributed by atoms with E-state index in [1.54, 1.807) is 19.9 Å². The van der Waals surface area contributed by atoms with Gasteiger partial charge < -0.3 is 16.2 Å². The van der Waals surface area contributed by atoms with Crippen LogP contribution in [0.4, 0.5) is 10.2 Å². The molecule has 4 N–H and O–H groups in total. The molecule has 0 saturated heterocycles. The Hall–Kier alpha value is -3.59. The predicted molar refractivity (Wildman–Crippen MR) is 115 cm³/mol. The topological polar surface area (TPSA) is 118 Å². The zero-order chi connectivity index (χ0) is 24.8. The zero-order valence-electron chi connectivity index (χ0n) is 19.9. The molecule has 0 fully saturated rings. The first-order valence-corrected chi connectivity index (χ1v) is 9.54. The summed E-state index contributed by atoms with van der Waals surface area (Å²) in [5, 5.41) is 12.9. The monoisotopic (exact) mass is 425 g/mol. The van der Waals surface area contributed by atoms with E-state index >= 15 is 0 Å². The lowest BCUT2D eigenvalue weighted by Gasteiger charge is -2.28. The van der Waals surface area contributed by atoms with E-state index < -0.39 is 30.1 Å². The van der Waals surface area contributed by atoms with Crippen molar-refractivity contribution in [2.24, 2.45) is 4.99 Å². The molecular formula is C22H23FN6O2. The van der Waals surface area contributed by atoms with Gasteiger partial charge in [-0.05, 0) is 38.4 Å². The number of aliphatic imine (C=N–C) groups is 1. The summed E-state index contributed by atoms with van der Waals surface area (Å²) in [7, 11) is 0. The molecule has 1 aliphatic rings. The maximum Gasteiger partial charge on any atom is 0.258 e. The number of aliphatic hydroxyl groups is 1. The molecule has 1 unspecified atom stereocenters. The molecule has 1 amide bonds. The smallest absolute Gasteiger partial charge is 0.258 e. The van der Waals surface area contributed by atoms with E-state index in [9.17, 15) is 14.3 Å². The SMILES string of the molecule is [2H]C([2H])([2H])c1nc(C2(C)C=CN=C(NC(=O)[C@@H](O)c3cccc(F)c3)C2)c2c(N)ncc(C)n12. The Kier molecular flexibility index (Phi) is 4.19. The second-order valence-corrected chi connectivity index (χ2v) is 7.69. The van der Waals surface area contributed by atoms with Gasteiger partial charge in [0.2, 0.25) is 0 Å². The van der Waals surface area contributed by atoms with Crippen molar-refractivity contribution in [3.8, 4) is 0 Å². The van der Waals surface area contributed by atoms with Gasteiger partial charge >= 0.3 is 0 Å². The molecule has 3 heterocycles. The van der Waals surface area contributed by atoms with Gasteiger partial charge in [-0.15, -0.1) is 0 Å². The summed E-state index contributed by atoms with van der Waals surface area (Å²) in [6.45, 7) is 1.01. The summed E-state index contributed by atoms with van der Waals surface area (Å²) >= 11 is 0. The standard InChI is InChI=1S/C22H23FN6O2/c1-12-11-26-20(24)17-19(27-13(2)29(12)17)22(3)7-8-25-16(10-22)28-21(31)18(30)14-5-4-6-15(23)9-14/h4-9,11,18,30H,10H2,1-3H3,(H2,24,26)(H,25,28,31)/t18-,22?/m0/s1/i2D3. The first kappa shape index (κ1) is 17.1. The molecule has 9 heteroatoms. The number of aromatic nitrogens is 3. The van der Waals surface area contributed by atoms with Crippen LogP contribution in [0.5, 0.6) is 0 Å². The second kappa shape index (κ2) is 7.59. The first-order valence-electron chi connectivity index (χ1n) is 11.0. The van der Waals surface area contributed by atoms with Crippen LogP contribution in [0.25, 0.3) is 5.52 Å². The maximum atomic E-state index is 13.5. The molecule has 1 aromatic carbocycles. The number of benzene rings is 1. The number of aryl methyl sites for hydroxylation is 2. The lowest BCUT2D eigenvalue weighted by Crippen LogP contribution is -2.39. The maximum absolute atomic E-state index is 13.5. The van der Waals surface area contributed by atoms with Crippen LogP contribution in [-0.2, 0) is 10.2 Å². The summed E-state index contributed by atoms with van der Waals surface area (Å²) in [6.07, 6.45) is 3.20. The van der Waals surface area contributed by atoms with Crippen LogP contribution in [0.3, 0.4) is 0 Å². The van der Waals surface area contributed by atoms with Crippen molar-refractivity contribution >= 4 is 23.1 Å². The number of nitrogens with two attached hydrogens (primary N) is 1. The van der Waals surface area contributed by atoms with Gasteiger partial charge in [0, 0.05) is 34.0 Å². The van der Waals surface area contributed by atoms with Crippen LogP contribution in [0, 0.1) is 19.6 Å². The minimum atomic E-state index is -2.51. The van der Waals surface area contributed by atoms with Crippen molar-refractivity contribution in [2.45, 2.75) is 38.6 Å². The van der Waals surface area contributed by atoms with Crippen molar-refractivity contribution in [3.63, 3.8) is 0 Å².